The Morgan fingerprint density at radius 1 is 1.36 bits per heavy atom. The highest BCUT2D eigenvalue weighted by atomic mass is 16.5. The highest BCUT2D eigenvalue weighted by Crippen LogP contribution is 2.21. The highest BCUT2D eigenvalue weighted by molar-refractivity contribution is 5.94. The minimum absolute atomic E-state index is 0.119. The maximum Gasteiger partial charge on any atom is 0.244 e. The van der Waals surface area contributed by atoms with Gasteiger partial charge in [0.25, 0.3) is 0 Å². The van der Waals surface area contributed by atoms with Gasteiger partial charge in [0.1, 0.15) is 5.75 Å². The molecule has 0 heterocycles. The molecule has 2 N–H and O–H groups in total. The van der Waals surface area contributed by atoms with Crippen molar-refractivity contribution >= 4 is 11.5 Å². The molecule has 0 aliphatic carbocycles. The number of methoxy groups -OCH3 is 1. The monoisotopic (exact) mass is 305 g/mol. The van der Waals surface area contributed by atoms with Crippen molar-refractivity contribution in [1.29, 1.82) is 0 Å². The molecule has 0 aliphatic heterocycles. The molecule has 1 aromatic rings. The van der Waals surface area contributed by atoms with E-state index in [4.69, 9.17) is 4.74 Å². The van der Waals surface area contributed by atoms with E-state index in [2.05, 4.69) is 5.32 Å². The van der Waals surface area contributed by atoms with Crippen molar-refractivity contribution in [3.05, 3.63) is 35.9 Å². The molecule has 1 unspecified atom stereocenters. The van der Waals surface area contributed by atoms with Crippen LogP contribution in [0, 0.1) is 5.41 Å². The van der Waals surface area contributed by atoms with Crippen LogP contribution in [0.3, 0.4) is 0 Å². The third kappa shape index (κ3) is 6.31. The molecule has 0 saturated heterocycles. The average molecular weight is 305 g/mol. The van der Waals surface area contributed by atoms with Gasteiger partial charge >= 0.3 is 0 Å². The van der Waals surface area contributed by atoms with Gasteiger partial charge < -0.3 is 15.2 Å². The summed E-state index contributed by atoms with van der Waals surface area (Å²) in [6, 6.07) is 7.59. The van der Waals surface area contributed by atoms with Gasteiger partial charge in [-0.3, -0.25) is 4.79 Å². The van der Waals surface area contributed by atoms with E-state index in [9.17, 15) is 9.90 Å². The molecule has 4 nitrogen and oxygen atoms in total. The molecule has 1 rings (SSSR count). The first-order valence-corrected chi connectivity index (χ1v) is 7.52. The molecule has 0 bridgehead atoms. The van der Waals surface area contributed by atoms with Crippen molar-refractivity contribution in [2.75, 3.05) is 13.7 Å². The van der Waals surface area contributed by atoms with Crippen LogP contribution in [0.25, 0.3) is 5.57 Å². The quantitative estimate of drug-likeness (QED) is 0.761. The Morgan fingerprint density at radius 2 is 1.95 bits per heavy atom. The third-order valence-electron chi connectivity index (χ3n) is 3.48. The zero-order valence-electron chi connectivity index (χ0n) is 14.1. The van der Waals surface area contributed by atoms with Crippen molar-refractivity contribution in [2.45, 2.75) is 40.2 Å². The maximum atomic E-state index is 12.0. The Balaban J connectivity index is 2.61. The Bertz CT molecular complexity index is 516. The number of aliphatic hydroxyl groups is 1. The lowest BCUT2D eigenvalue weighted by molar-refractivity contribution is -0.117. The molecule has 1 amide bonds. The molecule has 22 heavy (non-hydrogen) atoms. The van der Waals surface area contributed by atoms with Gasteiger partial charge in [0.15, 0.2) is 0 Å². The van der Waals surface area contributed by atoms with Crippen molar-refractivity contribution in [1.82, 2.24) is 5.32 Å². The minimum Gasteiger partial charge on any atom is -0.497 e. The fraction of sp³-hybridized carbons (Fsp3) is 0.500. The Labute approximate surface area is 133 Å². The van der Waals surface area contributed by atoms with Gasteiger partial charge in [-0.15, -0.1) is 0 Å². The molecular formula is C18H27NO3. The van der Waals surface area contributed by atoms with Crippen molar-refractivity contribution in [3.8, 4) is 5.75 Å². The van der Waals surface area contributed by atoms with E-state index in [1.807, 2.05) is 45.0 Å². The molecule has 0 radical (unpaired) electrons. The smallest absolute Gasteiger partial charge is 0.244 e. The van der Waals surface area contributed by atoms with Gasteiger partial charge in [-0.1, -0.05) is 26.0 Å². The summed E-state index contributed by atoms with van der Waals surface area (Å²) in [4.78, 5) is 12.0. The number of allylic oxidation sites excluding steroid dienone is 1. The molecule has 4 heteroatoms. The predicted octanol–water partition coefficient (Wildman–Crippen LogP) is 3.01. The number of hydrogen-bond donors (Lipinski definition) is 2. The molecule has 0 fully saturated rings. The van der Waals surface area contributed by atoms with Gasteiger partial charge in [0, 0.05) is 12.6 Å². The van der Waals surface area contributed by atoms with Crippen LogP contribution in [-0.2, 0) is 4.79 Å². The number of ether oxygens (including phenoxy) is 1. The summed E-state index contributed by atoms with van der Waals surface area (Å²) in [5.41, 5.74) is 1.75. The molecule has 1 atom stereocenters. The van der Waals surface area contributed by atoms with Crippen LogP contribution < -0.4 is 10.1 Å². The van der Waals surface area contributed by atoms with E-state index < -0.39 is 0 Å². The second-order valence-electron chi connectivity index (χ2n) is 6.49. The molecule has 0 saturated carbocycles. The number of rotatable bonds is 7. The lowest BCUT2D eigenvalue weighted by Crippen LogP contribution is -2.35. The van der Waals surface area contributed by atoms with Gasteiger partial charge in [0.05, 0.1) is 13.2 Å². The largest absolute Gasteiger partial charge is 0.497 e. The summed E-state index contributed by atoms with van der Waals surface area (Å²) in [6.45, 7) is 8.25. The van der Waals surface area contributed by atoms with E-state index in [0.29, 0.717) is 13.0 Å². The molecule has 0 aliphatic rings. The van der Waals surface area contributed by atoms with Crippen LogP contribution in [0.15, 0.2) is 30.3 Å². The number of benzene rings is 1. The predicted molar refractivity (Wildman–Crippen MR) is 89.7 cm³/mol. The third-order valence-corrected chi connectivity index (χ3v) is 3.48. The number of nitrogens with one attached hydrogen (secondary N) is 1. The van der Waals surface area contributed by atoms with Crippen LogP contribution in [0.1, 0.15) is 39.7 Å². The highest BCUT2D eigenvalue weighted by Gasteiger charge is 2.20. The van der Waals surface area contributed by atoms with Crippen molar-refractivity contribution in [2.24, 2.45) is 5.41 Å². The van der Waals surface area contributed by atoms with Crippen LogP contribution in [0.5, 0.6) is 5.75 Å². The summed E-state index contributed by atoms with van der Waals surface area (Å²) in [5.74, 6) is 0.674. The molecule has 0 spiro atoms. The SMILES string of the molecule is COc1ccc(C(C)=CC(=O)NCC(C)(C)CC(C)O)cc1. The lowest BCUT2D eigenvalue weighted by atomic mass is 9.87. The maximum absolute atomic E-state index is 12.0. The first-order chi connectivity index (χ1) is 10.2. The molecule has 0 aromatic heterocycles. The second-order valence-corrected chi connectivity index (χ2v) is 6.49. The Morgan fingerprint density at radius 3 is 2.45 bits per heavy atom. The number of amides is 1. The molecule has 1 aromatic carbocycles. The van der Waals surface area contributed by atoms with E-state index in [-0.39, 0.29) is 17.4 Å². The van der Waals surface area contributed by atoms with Crippen LogP contribution >= 0.6 is 0 Å². The standard InChI is InChI=1S/C18H27NO3/c1-13(15-6-8-16(22-5)9-7-15)10-17(21)19-12-18(3,4)11-14(2)20/h6-10,14,20H,11-12H2,1-5H3,(H,19,21). The molecular weight excluding hydrogens is 278 g/mol. The first kappa shape index (κ1) is 18.2. The fourth-order valence-electron chi connectivity index (χ4n) is 2.38. The number of aliphatic hydroxyl groups excluding tert-OH is 1. The zero-order valence-corrected chi connectivity index (χ0v) is 14.1. The van der Waals surface area contributed by atoms with Crippen LogP contribution in [0.2, 0.25) is 0 Å². The van der Waals surface area contributed by atoms with Crippen LogP contribution in [0.4, 0.5) is 0 Å². The van der Waals surface area contributed by atoms with Gasteiger partial charge in [-0.2, -0.15) is 0 Å². The van der Waals surface area contributed by atoms with E-state index in [1.165, 1.54) is 0 Å². The van der Waals surface area contributed by atoms with E-state index >= 15 is 0 Å². The van der Waals surface area contributed by atoms with E-state index in [0.717, 1.165) is 16.9 Å². The summed E-state index contributed by atoms with van der Waals surface area (Å²) in [6.07, 6.45) is 1.87. The van der Waals surface area contributed by atoms with Gasteiger partial charge in [0.2, 0.25) is 5.91 Å². The van der Waals surface area contributed by atoms with Gasteiger partial charge in [-0.25, -0.2) is 0 Å². The summed E-state index contributed by atoms with van der Waals surface area (Å²) in [7, 11) is 1.63. The topological polar surface area (TPSA) is 58.6 Å². The summed E-state index contributed by atoms with van der Waals surface area (Å²) < 4.78 is 5.12. The lowest BCUT2D eigenvalue weighted by Gasteiger charge is -2.26. The normalized spacial score (nSPS) is 13.6. The summed E-state index contributed by atoms with van der Waals surface area (Å²) in [5, 5.41) is 12.4. The van der Waals surface area contributed by atoms with Crippen LogP contribution in [-0.4, -0.2) is 30.8 Å². The average Bonchev–Trinajstić information content (AvgIpc) is 2.44. The number of carbonyl (C=O) groups is 1. The summed E-state index contributed by atoms with van der Waals surface area (Å²) >= 11 is 0. The number of hydrogen-bond acceptors (Lipinski definition) is 3. The van der Waals surface area contributed by atoms with Crippen molar-refractivity contribution in [3.63, 3.8) is 0 Å². The Hall–Kier alpha value is -1.81. The zero-order chi connectivity index (χ0) is 16.8. The fourth-order valence-corrected chi connectivity index (χ4v) is 2.38. The van der Waals surface area contributed by atoms with Crippen molar-refractivity contribution < 1.29 is 14.6 Å². The van der Waals surface area contributed by atoms with Gasteiger partial charge in [-0.05, 0) is 49.0 Å². The Kier molecular flexibility index (Phi) is 6.62. The minimum atomic E-state index is -0.372. The second kappa shape index (κ2) is 7.99. The van der Waals surface area contributed by atoms with E-state index in [1.54, 1.807) is 20.1 Å². The first-order valence-electron chi connectivity index (χ1n) is 7.52. The molecule has 122 valence electrons. The number of carbonyl (C=O) groups excluding carboxylic acids is 1.